The first-order valence-electron chi connectivity index (χ1n) is 12.7. The number of benzene rings is 2. The number of nitrogens with one attached hydrogen (secondary N) is 1. The summed E-state index contributed by atoms with van der Waals surface area (Å²) in [6.07, 6.45) is -1.89. The maximum atomic E-state index is 13.4. The van der Waals surface area contributed by atoms with Crippen LogP contribution in [0.5, 0.6) is 0 Å². The van der Waals surface area contributed by atoms with Gasteiger partial charge in [-0.25, -0.2) is 0 Å². The highest BCUT2D eigenvalue weighted by Gasteiger charge is 2.33. The van der Waals surface area contributed by atoms with Crippen LogP contribution in [0.3, 0.4) is 0 Å². The van der Waals surface area contributed by atoms with Crippen molar-refractivity contribution in [2.45, 2.75) is 32.5 Å². The second kappa shape index (κ2) is 10.2. The molecule has 3 heterocycles. The van der Waals surface area contributed by atoms with Gasteiger partial charge in [0.25, 0.3) is 0 Å². The topological polar surface area (TPSA) is 57.7 Å². The molecule has 1 N–H and O–H groups in total. The molecule has 2 fully saturated rings. The number of hydrogen-bond donors (Lipinski definition) is 1. The second-order valence-electron chi connectivity index (χ2n) is 9.82. The van der Waals surface area contributed by atoms with Crippen LogP contribution < -0.4 is 10.2 Å². The molecule has 0 aliphatic carbocycles. The third kappa shape index (κ3) is 5.23. The van der Waals surface area contributed by atoms with Gasteiger partial charge in [-0.15, -0.1) is 0 Å². The monoisotopic (exact) mass is 512 g/mol. The molecule has 0 saturated carbocycles. The van der Waals surface area contributed by atoms with Crippen molar-refractivity contribution in [1.29, 1.82) is 0 Å². The van der Waals surface area contributed by atoms with E-state index in [1.807, 2.05) is 30.0 Å². The van der Waals surface area contributed by atoms with E-state index in [4.69, 9.17) is 4.74 Å². The van der Waals surface area contributed by atoms with Crippen molar-refractivity contribution in [3.63, 3.8) is 0 Å². The fourth-order valence-electron chi connectivity index (χ4n) is 5.37. The summed E-state index contributed by atoms with van der Waals surface area (Å²) in [6.45, 7) is 7.35. The Morgan fingerprint density at radius 3 is 2.62 bits per heavy atom. The second-order valence-corrected chi connectivity index (χ2v) is 9.82. The first-order chi connectivity index (χ1) is 17.7. The van der Waals surface area contributed by atoms with Crippen LogP contribution in [0.2, 0.25) is 0 Å². The van der Waals surface area contributed by atoms with Crippen LogP contribution in [0.25, 0.3) is 10.9 Å². The van der Waals surface area contributed by atoms with Crippen LogP contribution in [0.15, 0.2) is 48.7 Å². The molecule has 2 aromatic carbocycles. The van der Waals surface area contributed by atoms with Crippen LogP contribution >= 0.6 is 0 Å². The van der Waals surface area contributed by atoms with Crippen molar-refractivity contribution in [2.75, 3.05) is 49.6 Å². The largest absolute Gasteiger partial charge is 0.416 e. The lowest BCUT2D eigenvalue weighted by molar-refractivity contribution is -0.138. The smallest absolute Gasteiger partial charge is 0.381 e. The zero-order chi connectivity index (χ0) is 26.2. The number of aromatic nitrogens is 1. The maximum Gasteiger partial charge on any atom is 0.416 e. The van der Waals surface area contributed by atoms with Crippen molar-refractivity contribution in [1.82, 2.24) is 9.88 Å². The normalized spacial score (nSPS) is 19.3. The molecule has 9 heteroatoms. The quantitative estimate of drug-likeness (QED) is 0.495. The number of halogens is 3. The summed E-state index contributed by atoms with van der Waals surface area (Å²) in [5.74, 6) is 0.166. The average Bonchev–Trinajstić information content (AvgIpc) is 3.43. The van der Waals surface area contributed by atoms with E-state index in [1.54, 1.807) is 12.3 Å². The van der Waals surface area contributed by atoms with Crippen molar-refractivity contribution in [2.24, 2.45) is 5.92 Å². The minimum Gasteiger partial charge on any atom is -0.381 e. The Morgan fingerprint density at radius 1 is 1.14 bits per heavy atom. The molecule has 1 aromatic heterocycles. The minimum absolute atomic E-state index is 0.0191. The lowest BCUT2D eigenvalue weighted by Gasteiger charge is -2.37. The number of nitrogens with zero attached hydrogens (tertiary/aromatic N) is 3. The van der Waals surface area contributed by atoms with Gasteiger partial charge in [-0.3, -0.25) is 9.78 Å². The molecule has 2 saturated heterocycles. The maximum absolute atomic E-state index is 13.4. The molecule has 1 unspecified atom stereocenters. The summed E-state index contributed by atoms with van der Waals surface area (Å²) in [7, 11) is 0. The summed E-state index contributed by atoms with van der Waals surface area (Å²) in [6, 6.07) is 11.9. The molecule has 196 valence electrons. The number of anilines is 2. The van der Waals surface area contributed by atoms with E-state index in [1.165, 1.54) is 13.0 Å². The highest BCUT2D eigenvalue weighted by molar-refractivity contribution is 5.93. The number of piperazine rings is 1. The van der Waals surface area contributed by atoms with Gasteiger partial charge < -0.3 is 19.9 Å². The van der Waals surface area contributed by atoms with E-state index >= 15 is 0 Å². The van der Waals surface area contributed by atoms with Crippen LogP contribution in [0, 0.1) is 12.8 Å². The minimum atomic E-state index is -4.39. The Bertz CT molecular complexity index is 1280. The van der Waals surface area contributed by atoms with E-state index in [-0.39, 0.29) is 23.4 Å². The van der Waals surface area contributed by atoms with Gasteiger partial charge in [0.1, 0.15) is 0 Å². The number of hydrogen-bond acceptors (Lipinski definition) is 5. The number of fused-ring (bicyclic) bond motifs is 1. The highest BCUT2D eigenvalue weighted by atomic mass is 19.4. The number of ether oxygens (including phenoxy) is 1. The van der Waals surface area contributed by atoms with Gasteiger partial charge in [-0.05, 0) is 61.7 Å². The van der Waals surface area contributed by atoms with Crippen molar-refractivity contribution in [3.8, 4) is 0 Å². The molecule has 6 nitrogen and oxygen atoms in total. The highest BCUT2D eigenvalue weighted by Crippen LogP contribution is 2.36. The van der Waals surface area contributed by atoms with Crippen molar-refractivity contribution in [3.05, 3.63) is 65.4 Å². The predicted octanol–water partition coefficient (Wildman–Crippen LogP) is 5.42. The van der Waals surface area contributed by atoms with E-state index in [9.17, 15) is 18.0 Å². The number of amides is 1. The summed E-state index contributed by atoms with van der Waals surface area (Å²) < 4.78 is 45.7. The van der Waals surface area contributed by atoms with Crippen LogP contribution in [-0.4, -0.2) is 55.2 Å². The van der Waals surface area contributed by atoms with E-state index < -0.39 is 11.7 Å². The Kier molecular flexibility index (Phi) is 6.98. The Hall–Kier alpha value is -3.33. The summed E-state index contributed by atoms with van der Waals surface area (Å²) in [5, 5.41) is 4.31. The third-order valence-electron chi connectivity index (χ3n) is 7.48. The van der Waals surface area contributed by atoms with Gasteiger partial charge >= 0.3 is 6.18 Å². The van der Waals surface area contributed by atoms with Gasteiger partial charge in [0.2, 0.25) is 5.91 Å². The fourth-order valence-corrected chi connectivity index (χ4v) is 5.37. The van der Waals surface area contributed by atoms with Crippen molar-refractivity contribution >= 4 is 28.2 Å². The standard InChI is InChI=1S/C28H31F3N4O2/c1-18-22(4-3-5-24(18)28(29,30)31)19(2)33-26-8-10-32-25-7-6-21(16-23(25)26)34-11-13-35(14-12-34)27(36)20-9-15-37-17-20/h3-8,10,16,19-20H,9,11-15,17H2,1-2H3,(H,32,33)/t19-,20?/m1/s1. The zero-order valence-electron chi connectivity index (χ0n) is 21.0. The molecule has 0 bridgehead atoms. The molecule has 2 aliphatic rings. The lowest BCUT2D eigenvalue weighted by atomic mass is 9.97. The van der Waals surface area contributed by atoms with E-state index in [0.717, 1.165) is 47.9 Å². The Morgan fingerprint density at radius 2 is 1.92 bits per heavy atom. The van der Waals surface area contributed by atoms with Crippen LogP contribution in [0.1, 0.15) is 36.1 Å². The van der Waals surface area contributed by atoms with Gasteiger partial charge in [-0.1, -0.05) is 12.1 Å². The number of carbonyl (C=O) groups is 1. The molecule has 37 heavy (non-hydrogen) atoms. The first-order valence-corrected chi connectivity index (χ1v) is 12.7. The summed E-state index contributed by atoms with van der Waals surface area (Å²) in [4.78, 5) is 21.4. The Balaban J connectivity index is 1.34. The van der Waals surface area contributed by atoms with Crippen molar-refractivity contribution < 1.29 is 22.7 Å². The SMILES string of the molecule is Cc1c([C@@H](C)Nc2ccnc3ccc(N4CCN(C(=O)C5CCOC5)CC4)cc23)cccc1C(F)(F)F. The molecule has 1 amide bonds. The summed E-state index contributed by atoms with van der Waals surface area (Å²) in [5.41, 5.74) is 2.86. The van der Waals surface area contributed by atoms with Gasteiger partial charge in [-0.2, -0.15) is 13.2 Å². The molecule has 2 aliphatic heterocycles. The zero-order valence-corrected chi connectivity index (χ0v) is 21.0. The number of carbonyl (C=O) groups excluding carboxylic acids is 1. The summed E-state index contributed by atoms with van der Waals surface area (Å²) >= 11 is 0. The molecule has 5 rings (SSSR count). The Labute approximate surface area is 214 Å². The van der Waals surface area contributed by atoms with Gasteiger partial charge in [0.05, 0.1) is 23.6 Å². The third-order valence-corrected chi connectivity index (χ3v) is 7.48. The van der Waals surface area contributed by atoms with E-state index in [2.05, 4.69) is 21.3 Å². The molecule has 2 atom stereocenters. The predicted molar refractivity (Wildman–Crippen MR) is 138 cm³/mol. The molecular formula is C28H31F3N4O2. The van der Waals surface area contributed by atoms with Gasteiger partial charge in [0.15, 0.2) is 0 Å². The fraction of sp³-hybridized carbons (Fsp3) is 0.429. The number of alkyl halides is 3. The average molecular weight is 513 g/mol. The molecular weight excluding hydrogens is 481 g/mol. The number of rotatable bonds is 5. The molecule has 0 radical (unpaired) electrons. The van der Waals surface area contributed by atoms with Crippen LogP contribution in [0.4, 0.5) is 24.5 Å². The van der Waals surface area contributed by atoms with Crippen LogP contribution in [-0.2, 0) is 15.7 Å². The first kappa shape index (κ1) is 25.3. The lowest BCUT2D eigenvalue weighted by Crippen LogP contribution is -2.50. The number of pyridine rings is 1. The van der Waals surface area contributed by atoms with E-state index in [0.29, 0.717) is 31.9 Å². The van der Waals surface area contributed by atoms with Gasteiger partial charge in [0, 0.05) is 61.8 Å². The molecule has 3 aromatic rings. The molecule has 0 spiro atoms.